The first kappa shape index (κ1) is 17.8. The number of hydrogen-bond acceptors (Lipinski definition) is 3. The fourth-order valence-corrected chi connectivity index (χ4v) is 1.98. The van der Waals surface area contributed by atoms with Gasteiger partial charge in [0.25, 0.3) is 5.91 Å². The van der Waals surface area contributed by atoms with Crippen molar-refractivity contribution in [3.8, 4) is 0 Å². The molecular weight excluding hydrogens is 333 g/mol. The first-order valence-corrected chi connectivity index (χ1v) is 6.82. The van der Waals surface area contributed by atoms with Crippen LogP contribution in [-0.2, 0) is 12.6 Å². The van der Waals surface area contributed by atoms with Gasteiger partial charge in [-0.05, 0) is 25.1 Å². The fraction of sp³-hybridized carbons (Fsp3) is 0.267. The SMILES string of the molecule is Cc1cc(C(F)(F)F)nc(CCNC(=O)c2c(F)cccc2F)n1. The van der Waals surface area contributed by atoms with E-state index < -0.39 is 35.0 Å². The summed E-state index contributed by atoms with van der Waals surface area (Å²) in [6.45, 7) is 1.21. The molecule has 1 amide bonds. The number of nitrogens with one attached hydrogen (secondary N) is 1. The van der Waals surface area contributed by atoms with Crippen LogP contribution in [0.25, 0.3) is 0 Å². The highest BCUT2D eigenvalue weighted by Gasteiger charge is 2.33. The molecule has 1 heterocycles. The molecule has 0 aliphatic rings. The lowest BCUT2D eigenvalue weighted by Gasteiger charge is -2.10. The van der Waals surface area contributed by atoms with E-state index in [9.17, 15) is 26.7 Å². The first-order valence-electron chi connectivity index (χ1n) is 6.82. The predicted molar refractivity (Wildman–Crippen MR) is 74.2 cm³/mol. The molecule has 9 heteroatoms. The van der Waals surface area contributed by atoms with Crippen molar-refractivity contribution in [2.24, 2.45) is 0 Å². The molecule has 0 unspecified atom stereocenters. The second kappa shape index (κ2) is 6.90. The highest BCUT2D eigenvalue weighted by atomic mass is 19.4. The Morgan fingerprint density at radius 1 is 1.17 bits per heavy atom. The highest BCUT2D eigenvalue weighted by molar-refractivity contribution is 5.94. The maximum atomic E-state index is 13.4. The van der Waals surface area contributed by atoms with E-state index >= 15 is 0 Å². The van der Waals surface area contributed by atoms with Crippen LogP contribution in [0.5, 0.6) is 0 Å². The summed E-state index contributed by atoms with van der Waals surface area (Å²) in [6, 6.07) is 3.77. The quantitative estimate of drug-likeness (QED) is 0.867. The highest BCUT2D eigenvalue weighted by Crippen LogP contribution is 2.27. The summed E-state index contributed by atoms with van der Waals surface area (Å²) in [6.07, 6.45) is -4.73. The van der Waals surface area contributed by atoms with Crippen LogP contribution in [0.15, 0.2) is 24.3 Å². The van der Waals surface area contributed by atoms with Crippen molar-refractivity contribution < 1.29 is 26.7 Å². The molecule has 1 aromatic carbocycles. The largest absolute Gasteiger partial charge is 0.433 e. The number of aromatic nitrogens is 2. The molecule has 128 valence electrons. The molecule has 2 aromatic rings. The minimum absolute atomic E-state index is 0.118. The monoisotopic (exact) mass is 345 g/mol. The molecule has 0 saturated carbocycles. The Labute approximate surface area is 133 Å². The zero-order chi connectivity index (χ0) is 17.9. The average molecular weight is 345 g/mol. The maximum Gasteiger partial charge on any atom is 0.433 e. The fourth-order valence-electron chi connectivity index (χ4n) is 1.98. The lowest BCUT2D eigenvalue weighted by molar-refractivity contribution is -0.141. The third-order valence-corrected chi connectivity index (χ3v) is 3.01. The Morgan fingerprint density at radius 3 is 2.38 bits per heavy atom. The lowest BCUT2D eigenvalue weighted by Crippen LogP contribution is -2.28. The summed E-state index contributed by atoms with van der Waals surface area (Å²) >= 11 is 0. The number of nitrogens with zero attached hydrogens (tertiary/aromatic N) is 2. The molecule has 0 aliphatic heterocycles. The second-order valence-electron chi connectivity index (χ2n) is 4.91. The number of halogens is 5. The standard InChI is InChI=1S/C15H12F5N3O/c1-8-7-11(15(18,19)20)23-12(22-8)5-6-21-14(24)13-9(16)3-2-4-10(13)17/h2-4,7H,5-6H2,1H3,(H,21,24). The molecule has 2 rings (SSSR count). The van der Waals surface area contributed by atoms with E-state index in [1.807, 2.05) is 0 Å². The van der Waals surface area contributed by atoms with Gasteiger partial charge in [-0.25, -0.2) is 18.7 Å². The molecule has 1 aromatic heterocycles. The number of benzene rings is 1. The molecule has 24 heavy (non-hydrogen) atoms. The smallest absolute Gasteiger partial charge is 0.351 e. The summed E-state index contributed by atoms with van der Waals surface area (Å²) in [5, 5.41) is 2.23. The third kappa shape index (κ3) is 4.24. The molecule has 4 nitrogen and oxygen atoms in total. The number of hydrogen-bond donors (Lipinski definition) is 1. The number of alkyl halides is 3. The van der Waals surface area contributed by atoms with Crippen LogP contribution in [0.4, 0.5) is 22.0 Å². The van der Waals surface area contributed by atoms with Crippen molar-refractivity contribution in [1.29, 1.82) is 0 Å². The van der Waals surface area contributed by atoms with Gasteiger partial charge in [-0.15, -0.1) is 0 Å². The van der Waals surface area contributed by atoms with Crippen molar-refractivity contribution in [3.63, 3.8) is 0 Å². The Bertz CT molecular complexity index is 741. The molecule has 0 atom stereocenters. The van der Waals surface area contributed by atoms with E-state index in [2.05, 4.69) is 15.3 Å². The van der Waals surface area contributed by atoms with Crippen LogP contribution >= 0.6 is 0 Å². The molecule has 0 fully saturated rings. The summed E-state index contributed by atoms with van der Waals surface area (Å²) in [7, 11) is 0. The van der Waals surface area contributed by atoms with Gasteiger partial charge in [0.05, 0.1) is 0 Å². The average Bonchev–Trinajstić information content (AvgIpc) is 2.45. The van der Waals surface area contributed by atoms with E-state index in [0.717, 1.165) is 24.3 Å². The van der Waals surface area contributed by atoms with E-state index in [1.54, 1.807) is 0 Å². The van der Waals surface area contributed by atoms with Gasteiger partial charge in [0.2, 0.25) is 0 Å². The molecule has 0 spiro atoms. The van der Waals surface area contributed by atoms with E-state index in [4.69, 9.17) is 0 Å². The van der Waals surface area contributed by atoms with Crippen molar-refractivity contribution in [1.82, 2.24) is 15.3 Å². The predicted octanol–water partition coefficient (Wildman–Crippen LogP) is 3.05. The van der Waals surface area contributed by atoms with Crippen molar-refractivity contribution >= 4 is 5.91 Å². The van der Waals surface area contributed by atoms with Crippen LogP contribution in [0.3, 0.4) is 0 Å². The molecule has 1 N–H and O–H groups in total. The Hall–Kier alpha value is -2.58. The minimum Gasteiger partial charge on any atom is -0.351 e. The van der Waals surface area contributed by atoms with Gasteiger partial charge in [0.1, 0.15) is 28.7 Å². The Kier molecular flexibility index (Phi) is 5.10. The minimum atomic E-state index is -4.61. The summed E-state index contributed by atoms with van der Waals surface area (Å²) < 4.78 is 64.9. The summed E-state index contributed by atoms with van der Waals surface area (Å²) in [5.41, 5.74) is -1.71. The molecule has 0 radical (unpaired) electrons. The van der Waals surface area contributed by atoms with E-state index in [-0.39, 0.29) is 24.5 Å². The molecule has 0 saturated heterocycles. The number of aryl methyl sites for hydroxylation is 1. The van der Waals surface area contributed by atoms with Gasteiger partial charge < -0.3 is 5.32 Å². The summed E-state index contributed by atoms with van der Waals surface area (Å²) in [4.78, 5) is 19.0. The number of amides is 1. The van der Waals surface area contributed by atoms with E-state index in [0.29, 0.717) is 0 Å². The van der Waals surface area contributed by atoms with Gasteiger partial charge in [-0.1, -0.05) is 6.07 Å². The maximum absolute atomic E-state index is 13.4. The number of rotatable bonds is 4. The first-order chi connectivity index (χ1) is 11.2. The van der Waals surface area contributed by atoms with Crippen LogP contribution in [-0.4, -0.2) is 22.4 Å². The Balaban J connectivity index is 2.05. The lowest BCUT2D eigenvalue weighted by atomic mass is 10.2. The third-order valence-electron chi connectivity index (χ3n) is 3.01. The molecular formula is C15H12F5N3O. The van der Waals surface area contributed by atoms with Crippen molar-refractivity contribution in [2.45, 2.75) is 19.5 Å². The molecule has 0 aliphatic carbocycles. The van der Waals surface area contributed by atoms with Gasteiger partial charge in [-0.3, -0.25) is 4.79 Å². The Morgan fingerprint density at radius 2 is 1.79 bits per heavy atom. The van der Waals surface area contributed by atoms with Crippen LogP contribution < -0.4 is 5.32 Å². The normalized spacial score (nSPS) is 11.4. The zero-order valence-corrected chi connectivity index (χ0v) is 12.4. The van der Waals surface area contributed by atoms with Crippen LogP contribution in [0.2, 0.25) is 0 Å². The van der Waals surface area contributed by atoms with Gasteiger partial charge in [-0.2, -0.15) is 13.2 Å². The van der Waals surface area contributed by atoms with Crippen molar-refractivity contribution in [3.05, 3.63) is 58.7 Å². The van der Waals surface area contributed by atoms with E-state index in [1.165, 1.54) is 6.92 Å². The number of carbonyl (C=O) groups excluding carboxylic acids is 1. The molecule has 0 bridgehead atoms. The second-order valence-corrected chi connectivity index (χ2v) is 4.91. The van der Waals surface area contributed by atoms with Crippen molar-refractivity contribution in [2.75, 3.05) is 6.54 Å². The summed E-state index contributed by atoms with van der Waals surface area (Å²) in [5.74, 6) is -3.19. The van der Waals surface area contributed by atoms with Crippen LogP contribution in [0, 0.1) is 18.6 Å². The van der Waals surface area contributed by atoms with Gasteiger partial charge >= 0.3 is 6.18 Å². The zero-order valence-electron chi connectivity index (χ0n) is 12.4. The topological polar surface area (TPSA) is 54.9 Å². The van der Waals surface area contributed by atoms with Gasteiger partial charge in [0.15, 0.2) is 0 Å². The van der Waals surface area contributed by atoms with Crippen LogP contribution in [0.1, 0.15) is 27.6 Å². The number of carbonyl (C=O) groups is 1. The van der Waals surface area contributed by atoms with Gasteiger partial charge in [0, 0.05) is 18.7 Å².